The van der Waals surface area contributed by atoms with E-state index in [9.17, 15) is 22.0 Å². The summed E-state index contributed by atoms with van der Waals surface area (Å²) in [4.78, 5) is 20.6. The molecule has 17 heterocycles. The second kappa shape index (κ2) is 41.7. The number of fused-ring (bicyclic) bond motifs is 6. The maximum Gasteiger partial charge on any atom is 0.136 e. The van der Waals surface area contributed by atoms with Crippen molar-refractivity contribution in [3.8, 4) is 73.5 Å². The fraction of sp³-hybridized carbons (Fsp3) is 0.250. The number of aryl methyl sites for hydroxylation is 3. The van der Waals surface area contributed by atoms with Gasteiger partial charge < -0.3 is 9.14 Å². The van der Waals surface area contributed by atoms with Gasteiger partial charge in [0.1, 0.15) is 57.6 Å². The fourth-order valence-electron chi connectivity index (χ4n) is 20.7. The summed E-state index contributed by atoms with van der Waals surface area (Å²) in [6.07, 6.45) is 30.0. The van der Waals surface area contributed by atoms with Crippen molar-refractivity contribution in [2.24, 2.45) is 7.05 Å². The molecule has 0 aliphatic carbocycles. The molecule has 13 aromatic heterocycles. The van der Waals surface area contributed by atoms with Crippen molar-refractivity contribution in [2.75, 3.05) is 59.5 Å². The lowest BCUT2D eigenvalue weighted by Crippen LogP contribution is -2.34. The van der Waals surface area contributed by atoms with Crippen LogP contribution in [-0.2, 0) is 33.2 Å². The Labute approximate surface area is 850 Å². The van der Waals surface area contributed by atoms with E-state index in [0.29, 0.717) is 55.2 Å². The van der Waals surface area contributed by atoms with E-state index in [2.05, 4.69) is 142 Å². The molecule has 9 aromatic carbocycles. The summed E-state index contributed by atoms with van der Waals surface area (Å²) in [5.74, 6) is -0.991. The summed E-state index contributed by atoms with van der Waals surface area (Å²) >= 11 is 0. The van der Waals surface area contributed by atoms with Gasteiger partial charge in [0, 0.05) is 208 Å². The quantitative estimate of drug-likeness (QED) is 0.0486. The number of imidazole rings is 1. The molecule has 0 amide bonds. The lowest BCUT2D eigenvalue weighted by molar-refractivity contribution is 0.194. The van der Waals surface area contributed by atoms with Crippen LogP contribution in [0.1, 0.15) is 135 Å². The van der Waals surface area contributed by atoms with Crippen LogP contribution in [0.5, 0.6) is 5.75 Å². The van der Waals surface area contributed by atoms with E-state index in [1.165, 1.54) is 36.4 Å². The van der Waals surface area contributed by atoms with Crippen LogP contribution in [-0.4, -0.2) is 209 Å². The first kappa shape index (κ1) is 91.1. The van der Waals surface area contributed by atoms with Crippen molar-refractivity contribution >= 4 is 60.2 Å². The average molecular weight is 1990 g/mol. The van der Waals surface area contributed by atoms with Crippen LogP contribution in [0.3, 0.4) is 0 Å². The van der Waals surface area contributed by atoms with Crippen molar-refractivity contribution in [3.63, 3.8) is 0 Å². The fourth-order valence-corrected chi connectivity index (χ4v) is 20.7. The SMILES string of the molecule is COc1cccc(F)c1CN1CCC[C@@H](c2cn(-c3ccc4[nH]nc(-c5ccc6nn(C)cc6c5)c4c3)nn2)C1.Fc1cccc(F)c1CN1CCC[C@@H](c2cn(-c3ccc4[nH]nc(-c5ccc6nccn6c5)c4c3)nn2)C1.[2H]C([2H])(c1c(C)cccc1F)N1CCC[C@@H](c2cn(-c3ccc4[nH]nc(-c5ccncc5)c4c3)nn2)C1.[2H]C(c1c(C)cccc1F)N1CCC[C@@H](c2cn(-c3ccc4[nH]nc(-c5ccncc5)c4c3)nn2)C1. The molecule has 744 valence electrons. The number of aromatic nitrogens is 26. The number of hydrogen-bond acceptors (Lipinski definition) is 21. The number of piperidine rings is 4. The van der Waals surface area contributed by atoms with Crippen LogP contribution in [0.2, 0.25) is 0 Å². The highest BCUT2D eigenvalue weighted by atomic mass is 19.1. The summed E-state index contributed by atoms with van der Waals surface area (Å²) in [7, 11) is 3.51. The zero-order valence-electron chi connectivity index (χ0n) is 84.5. The predicted octanol–water partition coefficient (Wildman–Crippen LogP) is 20.4. The Morgan fingerprint density at radius 2 is 0.770 bits per heavy atom. The molecule has 22 aromatic rings. The first-order chi connectivity index (χ1) is 73.7. The molecule has 0 radical (unpaired) electrons. The minimum Gasteiger partial charge on any atom is -0.496 e. The molecular formula is C112H105F5N30O. The number of halogens is 5. The van der Waals surface area contributed by atoms with Gasteiger partial charge in [0.15, 0.2) is 0 Å². The van der Waals surface area contributed by atoms with E-state index in [4.69, 9.17) is 8.85 Å². The molecule has 0 bridgehead atoms. The molecule has 0 spiro atoms. The van der Waals surface area contributed by atoms with Crippen LogP contribution < -0.4 is 4.74 Å². The second-order valence-electron chi connectivity index (χ2n) is 38.3. The molecule has 4 saturated heterocycles. The number of nitrogens with one attached hydrogen (secondary N) is 4. The van der Waals surface area contributed by atoms with Gasteiger partial charge in [-0.25, -0.2) is 45.7 Å². The summed E-state index contributed by atoms with van der Waals surface area (Å²) < 4.78 is 115. The van der Waals surface area contributed by atoms with Gasteiger partial charge in [-0.2, -0.15) is 25.5 Å². The number of hydrogen-bond donors (Lipinski definition) is 4. The van der Waals surface area contributed by atoms with Crippen molar-refractivity contribution in [1.29, 1.82) is 0 Å². The number of likely N-dealkylation sites (tertiary alicyclic amines) is 4. The van der Waals surface area contributed by atoms with Crippen LogP contribution >= 0.6 is 0 Å². The highest BCUT2D eigenvalue weighted by Crippen LogP contribution is 2.40. The maximum atomic E-state index is 14.6. The van der Waals surface area contributed by atoms with Gasteiger partial charge in [0.25, 0.3) is 0 Å². The number of methoxy groups -OCH3 is 1. The van der Waals surface area contributed by atoms with Crippen LogP contribution in [0.4, 0.5) is 22.0 Å². The Morgan fingerprint density at radius 3 is 1.24 bits per heavy atom. The number of H-pyrrole nitrogens is 4. The third kappa shape index (κ3) is 20.1. The zero-order chi connectivity index (χ0) is 103. The van der Waals surface area contributed by atoms with E-state index in [0.717, 1.165) is 234 Å². The molecule has 31 nitrogen and oxygen atoms in total. The van der Waals surface area contributed by atoms with Crippen molar-refractivity contribution in [2.45, 2.75) is 115 Å². The molecule has 4 fully saturated rings. The Bertz CT molecular complexity index is 8610. The minimum atomic E-state index is -1.92. The van der Waals surface area contributed by atoms with Crippen molar-refractivity contribution in [3.05, 3.63) is 360 Å². The number of nitrogens with zero attached hydrogens (tertiary/aromatic N) is 26. The summed E-state index contributed by atoms with van der Waals surface area (Å²) in [6, 6.07) is 60.7. The number of rotatable bonds is 21. The largest absolute Gasteiger partial charge is 0.496 e. The Hall–Kier alpha value is -16.8. The van der Waals surface area contributed by atoms with Gasteiger partial charge in [0.05, 0.1) is 111 Å². The standard InChI is InChI=1S/C30H29FN8O.C28H24F2N8.2C27H26FN7/c1-37-15-21-13-19(8-10-26(21)35-37)30-23-14-22(9-11-27(23)32-34-30)39-18-28(33-36-39)20-5-4-12-38(16-20)17-24-25(31)6-3-7-29(24)40-2;29-23-4-1-5-24(30)22(23)16-36-11-2-3-18(14-36)26-17-38(35-33-26)20-7-8-25-21(13-20)28(34-32-25)19-6-9-27-31-10-12-37(27)15-19;2*1-18-4-2-6-24(28)23(18)16-34-13-3-5-20(15-34)26-17-35(33-31-26)21-7-8-25-22(14-21)27(32-30-25)19-9-11-29-12-10-19/h3,6-11,13-15,18,20H,4-5,12,16-17H2,1-2H3,(H,32,34);1,4-10,12-13,15,17-18H,2-3,11,14,16H2,(H,32,34);2*2,4,6-12,14,17,20H,3,5,13,15-16H2,1H3,(H,30,32)/t20-;18-;2*20-/m1111/s1/i;;16D2;16D/t;;m;16?,20-. The van der Waals surface area contributed by atoms with E-state index in [1.54, 1.807) is 88.2 Å². The third-order valence-electron chi connectivity index (χ3n) is 28.5. The number of aromatic amines is 4. The van der Waals surface area contributed by atoms with Gasteiger partial charge in [0.2, 0.25) is 0 Å². The number of pyridine rings is 3. The molecule has 5 atom stereocenters. The topological polar surface area (TPSA) is 321 Å². The van der Waals surface area contributed by atoms with Crippen LogP contribution in [0.15, 0.2) is 275 Å². The molecule has 1 unspecified atom stereocenters. The smallest absolute Gasteiger partial charge is 0.136 e. The Morgan fingerprint density at radius 1 is 0.378 bits per heavy atom. The normalized spacial score (nSPS) is 17.1. The third-order valence-corrected chi connectivity index (χ3v) is 28.5. The van der Waals surface area contributed by atoms with Crippen LogP contribution in [0.25, 0.3) is 128 Å². The van der Waals surface area contributed by atoms with Crippen molar-refractivity contribution in [1.82, 2.24) is 149 Å². The lowest BCUT2D eigenvalue weighted by Gasteiger charge is -2.32. The molecule has 4 N–H and O–H groups in total. The van der Waals surface area contributed by atoms with Gasteiger partial charge >= 0.3 is 0 Å². The van der Waals surface area contributed by atoms with Gasteiger partial charge in [-0.3, -0.25) is 54.6 Å². The van der Waals surface area contributed by atoms with E-state index < -0.39 is 30.5 Å². The van der Waals surface area contributed by atoms with E-state index in [1.807, 2.05) is 185 Å². The Balaban J connectivity index is 0.000000110. The monoisotopic (exact) mass is 1980 g/mol. The Kier molecular flexibility index (Phi) is 25.7. The zero-order valence-corrected chi connectivity index (χ0v) is 81.5. The first-order valence-corrected chi connectivity index (χ1v) is 49.6. The number of benzene rings is 9. The van der Waals surface area contributed by atoms with Gasteiger partial charge in [-0.1, -0.05) is 63.3 Å². The molecule has 4 aliphatic heterocycles. The van der Waals surface area contributed by atoms with Crippen LogP contribution in [0, 0.1) is 42.9 Å². The van der Waals surface area contributed by atoms with E-state index >= 15 is 0 Å². The number of ether oxygens (including phenoxy) is 1. The second-order valence-corrected chi connectivity index (χ2v) is 38.3. The first-order valence-electron chi connectivity index (χ1n) is 51.2. The predicted molar refractivity (Wildman–Crippen MR) is 555 cm³/mol. The summed E-state index contributed by atoms with van der Waals surface area (Å²) in [5, 5.41) is 75.7. The molecule has 0 saturated carbocycles. The van der Waals surface area contributed by atoms with Crippen molar-refractivity contribution < 1.29 is 30.8 Å². The molecule has 26 rings (SSSR count). The van der Waals surface area contributed by atoms with E-state index in [-0.39, 0.29) is 53.0 Å². The molecule has 4 aliphatic rings. The lowest BCUT2D eigenvalue weighted by atomic mass is 9.94. The van der Waals surface area contributed by atoms with Gasteiger partial charge in [-0.15, -0.1) is 20.4 Å². The molecular weight excluding hydrogens is 1880 g/mol. The van der Waals surface area contributed by atoms with Gasteiger partial charge in [-0.05, 0) is 260 Å². The summed E-state index contributed by atoms with van der Waals surface area (Å²) in [6.45, 7) is 7.28. The maximum absolute atomic E-state index is 14.6. The minimum absolute atomic E-state index is 0.00492. The summed E-state index contributed by atoms with van der Waals surface area (Å²) in [5.41, 5.74) is 22.7. The molecule has 148 heavy (non-hydrogen) atoms. The molecule has 36 heteroatoms. The highest BCUT2D eigenvalue weighted by molar-refractivity contribution is 5.98. The average Bonchev–Trinajstić information content (AvgIpc) is 1.75. The highest BCUT2D eigenvalue weighted by Gasteiger charge is 2.32.